The molecule has 1 fully saturated rings. The molecular formula is C21H22F2N2O3. The highest BCUT2D eigenvalue weighted by Crippen LogP contribution is 2.31. The summed E-state index contributed by atoms with van der Waals surface area (Å²) in [5.74, 6) is -0.0136. The van der Waals surface area contributed by atoms with Crippen molar-refractivity contribution in [3.63, 3.8) is 0 Å². The van der Waals surface area contributed by atoms with Crippen molar-refractivity contribution in [3.05, 3.63) is 65.2 Å². The van der Waals surface area contributed by atoms with Crippen LogP contribution in [0, 0.1) is 0 Å². The van der Waals surface area contributed by atoms with Gasteiger partial charge in [-0.3, -0.25) is 9.69 Å². The first-order valence-electron chi connectivity index (χ1n) is 8.99. The molecule has 0 aliphatic carbocycles. The van der Waals surface area contributed by atoms with Crippen LogP contribution in [-0.4, -0.2) is 23.4 Å². The number of amides is 3. The van der Waals surface area contributed by atoms with Gasteiger partial charge in [-0.1, -0.05) is 50.2 Å². The van der Waals surface area contributed by atoms with Gasteiger partial charge in [0.1, 0.15) is 11.3 Å². The van der Waals surface area contributed by atoms with E-state index in [1.807, 2.05) is 24.3 Å². The normalized spacial score (nSPS) is 19.5. The maximum Gasteiger partial charge on any atom is 0.387 e. The summed E-state index contributed by atoms with van der Waals surface area (Å²) in [4.78, 5) is 26.6. The van der Waals surface area contributed by atoms with E-state index in [4.69, 9.17) is 0 Å². The van der Waals surface area contributed by atoms with Crippen molar-refractivity contribution in [1.82, 2.24) is 10.2 Å². The number of hydrogen-bond acceptors (Lipinski definition) is 3. The molecule has 0 aromatic heterocycles. The largest absolute Gasteiger partial charge is 0.435 e. The molecule has 28 heavy (non-hydrogen) atoms. The van der Waals surface area contributed by atoms with E-state index >= 15 is 0 Å². The van der Waals surface area contributed by atoms with E-state index in [0.29, 0.717) is 11.5 Å². The molecule has 1 aliphatic heterocycles. The highest BCUT2D eigenvalue weighted by molar-refractivity contribution is 6.07. The molecule has 0 saturated carbocycles. The highest BCUT2D eigenvalue weighted by Gasteiger charge is 2.48. The lowest BCUT2D eigenvalue weighted by molar-refractivity contribution is -0.131. The van der Waals surface area contributed by atoms with Crippen LogP contribution in [-0.2, 0) is 16.9 Å². The monoisotopic (exact) mass is 388 g/mol. The lowest BCUT2D eigenvalue weighted by atomic mass is 9.92. The molecule has 1 atom stereocenters. The summed E-state index contributed by atoms with van der Waals surface area (Å²) in [5.41, 5.74) is 1.25. The second kappa shape index (κ2) is 7.58. The molecule has 0 unspecified atom stereocenters. The van der Waals surface area contributed by atoms with Crippen LogP contribution in [0.1, 0.15) is 43.4 Å². The van der Waals surface area contributed by atoms with E-state index < -0.39 is 24.1 Å². The minimum absolute atomic E-state index is 0.0128. The van der Waals surface area contributed by atoms with Crippen LogP contribution in [0.25, 0.3) is 0 Å². The zero-order chi connectivity index (χ0) is 20.5. The minimum atomic E-state index is -2.92. The molecule has 1 N–H and O–H groups in total. The predicted octanol–water partition coefficient (Wildman–Crippen LogP) is 4.38. The molecule has 2 aromatic carbocycles. The van der Waals surface area contributed by atoms with Gasteiger partial charge in [0.05, 0.1) is 6.54 Å². The fraction of sp³-hybridized carbons (Fsp3) is 0.333. The number of rotatable bonds is 6. The Morgan fingerprint density at radius 2 is 1.64 bits per heavy atom. The first-order valence-corrected chi connectivity index (χ1v) is 8.99. The Kier molecular flexibility index (Phi) is 5.36. The first-order chi connectivity index (χ1) is 13.2. The molecule has 2 aromatic rings. The molecular weight excluding hydrogens is 366 g/mol. The fourth-order valence-electron chi connectivity index (χ4n) is 3.20. The second-order valence-corrected chi connectivity index (χ2v) is 7.25. The SMILES string of the molecule is CC(C)c1ccc(CN2C(=O)N[C@](C)(c3ccc(OC(F)F)cc3)C2=O)cc1. The molecule has 0 spiro atoms. The maximum absolute atomic E-state index is 13.0. The Bertz CT molecular complexity index is 866. The molecule has 1 heterocycles. The van der Waals surface area contributed by atoms with Gasteiger partial charge in [0.15, 0.2) is 0 Å². The number of nitrogens with one attached hydrogen (secondary N) is 1. The average Bonchev–Trinajstić information content (AvgIpc) is 2.86. The van der Waals surface area contributed by atoms with Crippen molar-refractivity contribution in [2.24, 2.45) is 0 Å². The molecule has 7 heteroatoms. The zero-order valence-electron chi connectivity index (χ0n) is 15.9. The van der Waals surface area contributed by atoms with Crippen molar-refractivity contribution in [3.8, 4) is 5.75 Å². The first kappa shape index (κ1) is 19.8. The number of halogens is 2. The number of carbonyl (C=O) groups excluding carboxylic acids is 2. The van der Waals surface area contributed by atoms with Gasteiger partial charge in [-0.2, -0.15) is 8.78 Å². The summed E-state index contributed by atoms with van der Waals surface area (Å²) in [6.45, 7) is 3.01. The van der Waals surface area contributed by atoms with Crippen LogP contribution >= 0.6 is 0 Å². The third-order valence-electron chi connectivity index (χ3n) is 4.92. The number of ether oxygens (including phenoxy) is 1. The zero-order valence-corrected chi connectivity index (χ0v) is 15.9. The van der Waals surface area contributed by atoms with Gasteiger partial charge >= 0.3 is 12.6 Å². The summed E-state index contributed by atoms with van der Waals surface area (Å²) in [6.07, 6.45) is 0. The Labute approximate surface area is 162 Å². The molecule has 3 rings (SSSR count). The van der Waals surface area contributed by atoms with Crippen LogP contribution < -0.4 is 10.1 Å². The van der Waals surface area contributed by atoms with Crippen molar-refractivity contribution < 1.29 is 23.1 Å². The average molecular weight is 388 g/mol. The Morgan fingerprint density at radius 3 is 2.18 bits per heavy atom. The Morgan fingerprint density at radius 1 is 1.04 bits per heavy atom. The molecule has 1 aliphatic rings. The fourth-order valence-corrected chi connectivity index (χ4v) is 3.20. The smallest absolute Gasteiger partial charge is 0.387 e. The lowest BCUT2D eigenvalue weighted by Gasteiger charge is -2.22. The van der Waals surface area contributed by atoms with Crippen LogP contribution in [0.5, 0.6) is 5.75 Å². The third-order valence-corrected chi connectivity index (χ3v) is 4.92. The quantitative estimate of drug-likeness (QED) is 0.747. The molecule has 0 bridgehead atoms. The standard InChI is InChI=1S/C21H22F2N2O3/c1-13(2)15-6-4-14(5-7-15)12-25-18(26)21(3,24-20(25)27)16-8-10-17(11-9-16)28-19(22)23/h4-11,13,19H,12H2,1-3H3,(H,24,27)/t21-/m1/s1. The number of alkyl halides is 2. The second-order valence-electron chi connectivity index (χ2n) is 7.25. The van der Waals surface area contributed by atoms with Gasteiger partial charge in [0.2, 0.25) is 0 Å². The lowest BCUT2D eigenvalue weighted by Crippen LogP contribution is -2.40. The van der Waals surface area contributed by atoms with Crippen molar-refractivity contribution in [2.75, 3.05) is 0 Å². The van der Waals surface area contributed by atoms with Crippen molar-refractivity contribution in [2.45, 2.75) is 45.4 Å². The van der Waals surface area contributed by atoms with Gasteiger partial charge in [-0.25, -0.2) is 4.79 Å². The molecule has 0 radical (unpaired) electrons. The topological polar surface area (TPSA) is 58.6 Å². The molecule has 1 saturated heterocycles. The van der Waals surface area contributed by atoms with Crippen molar-refractivity contribution >= 4 is 11.9 Å². The predicted molar refractivity (Wildman–Crippen MR) is 100 cm³/mol. The van der Waals surface area contributed by atoms with E-state index in [9.17, 15) is 18.4 Å². The Hall–Kier alpha value is -2.96. The molecule has 3 amide bonds. The number of benzene rings is 2. The molecule has 148 valence electrons. The van der Waals surface area contributed by atoms with Gasteiger partial charge in [0, 0.05) is 0 Å². The summed E-state index contributed by atoms with van der Waals surface area (Å²) in [7, 11) is 0. The van der Waals surface area contributed by atoms with Crippen LogP contribution in [0.3, 0.4) is 0 Å². The number of urea groups is 1. The summed E-state index contributed by atoms with van der Waals surface area (Å²) >= 11 is 0. The number of hydrogen-bond donors (Lipinski definition) is 1. The van der Waals surface area contributed by atoms with Crippen LogP contribution in [0.4, 0.5) is 13.6 Å². The van der Waals surface area contributed by atoms with Gasteiger partial charge < -0.3 is 10.1 Å². The van der Waals surface area contributed by atoms with E-state index in [-0.39, 0.29) is 12.3 Å². The van der Waals surface area contributed by atoms with Gasteiger partial charge in [0.25, 0.3) is 5.91 Å². The van der Waals surface area contributed by atoms with Gasteiger partial charge in [-0.15, -0.1) is 0 Å². The minimum Gasteiger partial charge on any atom is -0.435 e. The molecule has 5 nitrogen and oxygen atoms in total. The van der Waals surface area contributed by atoms with E-state index in [1.165, 1.54) is 29.8 Å². The number of nitrogens with zero attached hydrogens (tertiary/aromatic N) is 1. The summed E-state index contributed by atoms with van der Waals surface area (Å²) < 4.78 is 28.9. The van der Waals surface area contributed by atoms with Crippen molar-refractivity contribution in [1.29, 1.82) is 0 Å². The maximum atomic E-state index is 13.0. The Balaban J connectivity index is 1.78. The summed E-state index contributed by atoms with van der Waals surface area (Å²) in [6, 6.07) is 13.0. The third kappa shape index (κ3) is 3.83. The number of carbonyl (C=O) groups is 2. The van der Waals surface area contributed by atoms with Crippen LogP contribution in [0.2, 0.25) is 0 Å². The van der Waals surface area contributed by atoms with E-state index in [2.05, 4.69) is 23.9 Å². The van der Waals surface area contributed by atoms with E-state index in [1.54, 1.807) is 6.92 Å². The van der Waals surface area contributed by atoms with Crippen LogP contribution in [0.15, 0.2) is 48.5 Å². The van der Waals surface area contributed by atoms with Gasteiger partial charge in [-0.05, 0) is 41.7 Å². The van der Waals surface area contributed by atoms with E-state index in [0.717, 1.165) is 10.5 Å². The summed E-state index contributed by atoms with van der Waals surface area (Å²) in [5, 5.41) is 2.70. The highest BCUT2D eigenvalue weighted by atomic mass is 19.3. The number of imide groups is 1.